The molecule has 0 amide bonds. The molecule has 0 aliphatic carbocycles. The quantitative estimate of drug-likeness (QED) is 0.792. The summed E-state index contributed by atoms with van der Waals surface area (Å²) in [6, 6.07) is 5.60. The van der Waals surface area contributed by atoms with Crippen molar-refractivity contribution in [3.63, 3.8) is 0 Å². The van der Waals surface area contributed by atoms with Crippen molar-refractivity contribution < 1.29 is 12.8 Å². The van der Waals surface area contributed by atoms with Gasteiger partial charge >= 0.3 is 0 Å². The van der Waals surface area contributed by atoms with Gasteiger partial charge in [0, 0.05) is 0 Å². The molecule has 0 radical (unpaired) electrons. The molecule has 3 aromatic rings. The molecule has 0 unspecified atom stereocenters. The number of benzene rings is 1. The highest BCUT2D eigenvalue weighted by molar-refractivity contribution is 7.92. The van der Waals surface area contributed by atoms with Gasteiger partial charge in [0.15, 0.2) is 0 Å². The monoisotopic (exact) mass is 340 g/mol. The molecule has 2 heterocycles. The Morgan fingerprint density at radius 3 is 2.77 bits per heavy atom. The lowest BCUT2D eigenvalue weighted by molar-refractivity contribution is 0.589. The number of aromatic nitrogens is 3. The molecule has 0 spiro atoms. The normalized spacial score (nSPS) is 12.0. The summed E-state index contributed by atoms with van der Waals surface area (Å²) in [5.74, 6) is -0.639. The lowest BCUT2D eigenvalue weighted by Crippen LogP contribution is -2.18. The minimum absolute atomic E-state index is 0.0439. The maximum atomic E-state index is 13.7. The van der Waals surface area contributed by atoms with Crippen molar-refractivity contribution in [3.05, 3.63) is 40.8 Å². The average Bonchev–Trinajstić information content (AvgIpc) is 2.96. The fourth-order valence-corrected chi connectivity index (χ4v) is 4.33. The number of nitrogens with zero attached hydrogens (tertiary/aromatic N) is 3. The summed E-state index contributed by atoms with van der Waals surface area (Å²) < 4.78 is 42.5. The Hall–Kier alpha value is -2.00. The van der Waals surface area contributed by atoms with Gasteiger partial charge in [0.1, 0.15) is 10.8 Å². The first-order valence-electron chi connectivity index (χ1n) is 6.54. The van der Waals surface area contributed by atoms with E-state index in [9.17, 15) is 12.8 Å². The van der Waals surface area contributed by atoms with Crippen LogP contribution in [0.15, 0.2) is 29.3 Å². The molecule has 0 bridgehead atoms. The second-order valence-corrected chi connectivity index (χ2v) is 7.38. The van der Waals surface area contributed by atoms with Crippen LogP contribution in [-0.4, -0.2) is 23.0 Å². The molecule has 0 fully saturated rings. The Morgan fingerprint density at radius 2 is 2.09 bits per heavy atom. The lowest BCUT2D eigenvalue weighted by Gasteiger charge is -2.08. The van der Waals surface area contributed by atoms with Crippen molar-refractivity contribution in [2.45, 2.75) is 25.3 Å². The smallest absolute Gasteiger partial charge is 0.275 e. The number of hydrogen-bond donors (Lipinski definition) is 1. The number of rotatable bonds is 4. The van der Waals surface area contributed by atoms with Crippen molar-refractivity contribution in [1.29, 1.82) is 0 Å². The van der Waals surface area contributed by atoms with Crippen molar-refractivity contribution in [2.24, 2.45) is 0 Å². The molecule has 1 N–H and O–H groups in total. The third-order valence-corrected chi connectivity index (χ3v) is 5.27. The maximum absolute atomic E-state index is 13.7. The minimum Gasteiger partial charge on any atom is -0.275 e. The van der Waals surface area contributed by atoms with Crippen molar-refractivity contribution in [2.75, 3.05) is 4.72 Å². The Balaban J connectivity index is 2.14. The Bertz CT molecular complexity index is 946. The number of halogens is 1. The highest BCUT2D eigenvalue weighted by atomic mass is 32.2. The van der Waals surface area contributed by atoms with Gasteiger partial charge in [-0.3, -0.25) is 4.72 Å². The van der Waals surface area contributed by atoms with Crippen LogP contribution in [-0.2, 0) is 16.4 Å². The standard InChI is InChI=1S/C13H13FN4O2S2/c1-3-10-12(18-13(15-10)21-8(2)16-18)22(19,20)17-11-7-5-4-6-9(11)14/h4-7,17H,3H2,1-2H3. The first-order chi connectivity index (χ1) is 10.4. The first-order valence-corrected chi connectivity index (χ1v) is 8.84. The first kappa shape index (κ1) is 14.9. The number of anilines is 1. The highest BCUT2D eigenvalue weighted by Gasteiger charge is 2.27. The molecule has 0 aliphatic heterocycles. The molecular formula is C13H13FN4O2S2. The number of aryl methyl sites for hydroxylation is 2. The van der Waals surface area contributed by atoms with E-state index in [0.717, 1.165) is 0 Å². The van der Waals surface area contributed by atoms with Crippen LogP contribution in [0.5, 0.6) is 0 Å². The summed E-state index contributed by atoms with van der Waals surface area (Å²) >= 11 is 1.30. The summed E-state index contributed by atoms with van der Waals surface area (Å²) in [4.78, 5) is 4.79. The van der Waals surface area contributed by atoms with Crippen molar-refractivity contribution >= 4 is 32.0 Å². The topological polar surface area (TPSA) is 76.4 Å². The summed E-state index contributed by atoms with van der Waals surface area (Å²) in [5, 5.41) is 4.83. The third-order valence-electron chi connectivity index (χ3n) is 3.04. The van der Waals surface area contributed by atoms with Gasteiger partial charge in [0.05, 0.1) is 11.4 Å². The molecule has 0 aliphatic rings. The van der Waals surface area contributed by atoms with Gasteiger partial charge in [-0.1, -0.05) is 30.4 Å². The Kier molecular flexibility index (Phi) is 3.61. The fraction of sp³-hybridized carbons (Fsp3) is 0.231. The number of nitrogens with one attached hydrogen (secondary N) is 1. The molecule has 116 valence electrons. The van der Waals surface area contributed by atoms with Crippen LogP contribution in [0.2, 0.25) is 0 Å². The van der Waals surface area contributed by atoms with Crippen LogP contribution < -0.4 is 4.72 Å². The molecule has 0 saturated heterocycles. The molecule has 1 aromatic carbocycles. The Morgan fingerprint density at radius 1 is 1.36 bits per heavy atom. The van der Waals surface area contributed by atoms with Gasteiger partial charge in [0.2, 0.25) is 9.99 Å². The van der Waals surface area contributed by atoms with E-state index in [1.54, 1.807) is 19.9 Å². The second kappa shape index (κ2) is 5.33. The summed E-state index contributed by atoms with van der Waals surface area (Å²) in [6.45, 7) is 3.58. The van der Waals surface area contributed by atoms with Crippen LogP contribution >= 0.6 is 11.3 Å². The van der Waals surface area contributed by atoms with Gasteiger partial charge in [-0.15, -0.1) is 0 Å². The van der Waals surface area contributed by atoms with Gasteiger partial charge in [0.25, 0.3) is 10.0 Å². The Labute approximate surface area is 130 Å². The lowest BCUT2D eigenvalue weighted by atomic mass is 10.3. The van der Waals surface area contributed by atoms with Gasteiger partial charge in [-0.2, -0.15) is 18.0 Å². The molecular weight excluding hydrogens is 327 g/mol. The molecule has 9 heteroatoms. The minimum atomic E-state index is -3.99. The van der Waals surface area contributed by atoms with E-state index >= 15 is 0 Å². The zero-order chi connectivity index (χ0) is 15.9. The SMILES string of the molecule is CCc1nc2sc(C)nn2c1S(=O)(=O)Nc1ccccc1F. The maximum Gasteiger partial charge on any atom is 0.281 e. The number of para-hydroxylation sites is 1. The van der Waals surface area contributed by atoms with Gasteiger partial charge in [-0.05, 0) is 25.5 Å². The molecule has 0 saturated carbocycles. The van der Waals surface area contributed by atoms with Crippen LogP contribution in [0.4, 0.5) is 10.1 Å². The van der Waals surface area contributed by atoms with Gasteiger partial charge < -0.3 is 0 Å². The zero-order valence-corrected chi connectivity index (χ0v) is 13.5. The third kappa shape index (κ3) is 2.46. The summed E-state index contributed by atoms with van der Waals surface area (Å²) in [5.41, 5.74) is 0.300. The van der Waals surface area contributed by atoms with Crippen molar-refractivity contribution in [1.82, 2.24) is 14.6 Å². The van der Waals surface area contributed by atoms with E-state index in [0.29, 0.717) is 22.1 Å². The summed E-state index contributed by atoms with van der Waals surface area (Å²) in [6.07, 6.45) is 0.433. The van der Waals surface area contributed by atoms with E-state index in [1.807, 2.05) is 0 Å². The van der Waals surface area contributed by atoms with Crippen molar-refractivity contribution in [3.8, 4) is 0 Å². The van der Waals surface area contributed by atoms with E-state index in [4.69, 9.17) is 0 Å². The average molecular weight is 340 g/mol. The van der Waals surface area contributed by atoms with Gasteiger partial charge in [-0.25, -0.2) is 9.37 Å². The molecule has 22 heavy (non-hydrogen) atoms. The zero-order valence-electron chi connectivity index (χ0n) is 11.9. The molecule has 2 aromatic heterocycles. The van der Waals surface area contributed by atoms with Crippen LogP contribution in [0.3, 0.4) is 0 Å². The number of imidazole rings is 1. The largest absolute Gasteiger partial charge is 0.281 e. The highest BCUT2D eigenvalue weighted by Crippen LogP contribution is 2.25. The fourth-order valence-electron chi connectivity index (χ4n) is 2.10. The second-order valence-electron chi connectivity index (χ2n) is 4.62. The number of fused-ring (bicyclic) bond motifs is 1. The molecule has 3 rings (SSSR count). The van der Waals surface area contributed by atoms with E-state index < -0.39 is 15.8 Å². The van der Waals surface area contributed by atoms with Crippen LogP contribution in [0, 0.1) is 12.7 Å². The van der Waals surface area contributed by atoms with E-state index in [-0.39, 0.29) is 10.7 Å². The molecule has 0 atom stereocenters. The predicted molar refractivity (Wildman–Crippen MR) is 82.2 cm³/mol. The predicted octanol–water partition coefficient (Wildman–Crippen LogP) is 2.60. The number of sulfonamides is 1. The molecule has 6 nitrogen and oxygen atoms in total. The van der Waals surface area contributed by atoms with Crippen LogP contribution in [0.25, 0.3) is 4.96 Å². The van der Waals surface area contributed by atoms with E-state index in [1.165, 1.54) is 34.1 Å². The van der Waals surface area contributed by atoms with Crippen LogP contribution in [0.1, 0.15) is 17.6 Å². The van der Waals surface area contributed by atoms with E-state index in [2.05, 4.69) is 14.8 Å². The number of hydrogen-bond acceptors (Lipinski definition) is 5. The summed E-state index contributed by atoms with van der Waals surface area (Å²) in [7, 11) is -3.99.